The number of hydrogen-bond acceptors (Lipinski definition) is 3. The first-order valence-corrected chi connectivity index (χ1v) is 5.89. The molecule has 0 fully saturated rings. The van der Waals surface area contributed by atoms with Gasteiger partial charge in [0.05, 0.1) is 17.9 Å². The molecule has 94 valence electrons. The zero-order chi connectivity index (χ0) is 13.5. The zero-order valence-electron chi connectivity index (χ0n) is 9.27. The summed E-state index contributed by atoms with van der Waals surface area (Å²) in [5.74, 6) is -0.0584. The summed E-state index contributed by atoms with van der Waals surface area (Å²) in [5, 5.41) is 11.2. The van der Waals surface area contributed by atoms with Gasteiger partial charge in [0.25, 0.3) is 0 Å². The van der Waals surface area contributed by atoms with Gasteiger partial charge >= 0.3 is 5.97 Å². The van der Waals surface area contributed by atoms with Crippen LogP contribution in [0.15, 0.2) is 23.1 Å². The quantitative estimate of drug-likeness (QED) is 0.624. The predicted octanol–water partition coefficient (Wildman–Crippen LogP) is 1.37. The van der Waals surface area contributed by atoms with Crippen molar-refractivity contribution in [2.75, 3.05) is 12.3 Å². The van der Waals surface area contributed by atoms with Crippen molar-refractivity contribution in [1.82, 2.24) is 5.32 Å². The Hall–Kier alpha value is -2.00. The van der Waals surface area contributed by atoms with Crippen LogP contribution in [-0.2, 0) is 4.79 Å². The number of carbonyl (C=O) groups is 2. The molecule has 0 heterocycles. The number of benzene rings is 1. The molecule has 0 bridgehead atoms. The van der Waals surface area contributed by atoms with Crippen LogP contribution in [0.4, 0.5) is 4.39 Å². The smallest absolute Gasteiger partial charge is 0.338 e. The Bertz CT molecular complexity index is 511. The number of halogens is 1. The summed E-state index contributed by atoms with van der Waals surface area (Å²) in [5.41, 5.74) is -0.413. The van der Waals surface area contributed by atoms with Crippen LogP contribution in [0.2, 0.25) is 0 Å². The van der Waals surface area contributed by atoms with E-state index in [-0.39, 0.29) is 18.2 Å². The van der Waals surface area contributed by atoms with Crippen LogP contribution in [0.1, 0.15) is 10.4 Å². The molecule has 2 N–H and O–H groups in total. The van der Waals surface area contributed by atoms with E-state index in [1.54, 1.807) is 0 Å². The van der Waals surface area contributed by atoms with E-state index in [1.807, 2.05) is 0 Å². The highest BCUT2D eigenvalue weighted by Crippen LogP contribution is 2.21. The number of rotatable bonds is 5. The van der Waals surface area contributed by atoms with E-state index >= 15 is 0 Å². The molecule has 0 unspecified atom stereocenters. The van der Waals surface area contributed by atoms with Crippen LogP contribution < -0.4 is 5.32 Å². The van der Waals surface area contributed by atoms with Crippen molar-refractivity contribution in [1.29, 1.82) is 0 Å². The van der Waals surface area contributed by atoms with Crippen molar-refractivity contribution in [2.24, 2.45) is 0 Å². The fourth-order valence-electron chi connectivity index (χ4n) is 1.11. The molecule has 1 rings (SSSR count). The van der Waals surface area contributed by atoms with Gasteiger partial charge in [-0.05, 0) is 18.2 Å². The zero-order valence-corrected chi connectivity index (χ0v) is 10.1. The summed E-state index contributed by atoms with van der Waals surface area (Å²) in [6, 6.07) is 3.67. The lowest BCUT2D eigenvalue weighted by atomic mass is 10.2. The molecule has 1 aromatic rings. The first-order valence-electron chi connectivity index (χ1n) is 4.90. The van der Waals surface area contributed by atoms with Crippen molar-refractivity contribution in [3.63, 3.8) is 0 Å². The molecular weight excluding hydrogens is 257 g/mol. The largest absolute Gasteiger partial charge is 0.478 e. The Morgan fingerprint density at radius 3 is 2.83 bits per heavy atom. The Balaban J connectivity index is 2.64. The van der Waals surface area contributed by atoms with Crippen LogP contribution >= 0.6 is 11.8 Å². The van der Waals surface area contributed by atoms with Gasteiger partial charge in [-0.15, -0.1) is 18.2 Å². The second-order valence-electron chi connectivity index (χ2n) is 3.22. The summed E-state index contributed by atoms with van der Waals surface area (Å²) in [6.07, 6.45) is 4.98. The minimum absolute atomic E-state index is 0.0897. The number of terminal acetylenes is 1. The SMILES string of the molecule is C#CCNC(=O)CSc1ccc(F)c(C(=O)O)c1. The number of hydrogen-bond donors (Lipinski definition) is 2. The normalized spacial score (nSPS) is 9.56. The molecule has 4 nitrogen and oxygen atoms in total. The third-order valence-corrected chi connectivity index (χ3v) is 2.92. The lowest BCUT2D eigenvalue weighted by Crippen LogP contribution is -2.25. The maximum absolute atomic E-state index is 13.1. The average molecular weight is 267 g/mol. The lowest BCUT2D eigenvalue weighted by molar-refractivity contribution is -0.118. The predicted molar refractivity (Wildman–Crippen MR) is 65.9 cm³/mol. The molecule has 0 aliphatic carbocycles. The van der Waals surface area contributed by atoms with Crippen molar-refractivity contribution < 1.29 is 19.1 Å². The van der Waals surface area contributed by atoms with Gasteiger partial charge < -0.3 is 10.4 Å². The van der Waals surface area contributed by atoms with E-state index in [0.717, 1.165) is 17.8 Å². The highest BCUT2D eigenvalue weighted by molar-refractivity contribution is 8.00. The summed E-state index contributed by atoms with van der Waals surface area (Å²) in [7, 11) is 0. The fraction of sp³-hybridized carbons (Fsp3) is 0.167. The van der Waals surface area contributed by atoms with E-state index in [1.165, 1.54) is 12.1 Å². The van der Waals surface area contributed by atoms with E-state index in [0.29, 0.717) is 4.90 Å². The maximum atomic E-state index is 13.1. The van der Waals surface area contributed by atoms with Gasteiger partial charge in [0.1, 0.15) is 5.82 Å². The Morgan fingerprint density at radius 2 is 2.22 bits per heavy atom. The van der Waals surface area contributed by atoms with Gasteiger partial charge in [0.2, 0.25) is 5.91 Å². The maximum Gasteiger partial charge on any atom is 0.338 e. The number of carboxylic acid groups (broad SMARTS) is 1. The van der Waals surface area contributed by atoms with Crippen molar-refractivity contribution in [2.45, 2.75) is 4.90 Å². The molecule has 0 saturated heterocycles. The highest BCUT2D eigenvalue weighted by atomic mass is 32.2. The van der Waals surface area contributed by atoms with Gasteiger partial charge in [-0.3, -0.25) is 4.79 Å². The highest BCUT2D eigenvalue weighted by Gasteiger charge is 2.11. The van der Waals surface area contributed by atoms with Gasteiger partial charge in [-0.1, -0.05) is 5.92 Å². The minimum Gasteiger partial charge on any atom is -0.478 e. The number of nitrogens with one attached hydrogen (secondary N) is 1. The molecule has 0 aromatic heterocycles. The van der Waals surface area contributed by atoms with Crippen LogP contribution in [0.5, 0.6) is 0 Å². The van der Waals surface area contributed by atoms with Crippen molar-refractivity contribution in [3.8, 4) is 12.3 Å². The molecule has 18 heavy (non-hydrogen) atoms. The van der Waals surface area contributed by atoms with E-state index < -0.39 is 17.3 Å². The first kappa shape index (κ1) is 14.1. The number of thioether (sulfide) groups is 1. The van der Waals surface area contributed by atoms with Gasteiger partial charge in [0.15, 0.2) is 0 Å². The summed E-state index contributed by atoms with van der Waals surface area (Å²) in [6.45, 7) is 0.142. The van der Waals surface area contributed by atoms with Crippen molar-refractivity contribution in [3.05, 3.63) is 29.6 Å². The topological polar surface area (TPSA) is 66.4 Å². The fourth-order valence-corrected chi connectivity index (χ4v) is 1.87. The Kier molecular flexibility index (Phi) is 5.21. The summed E-state index contributed by atoms with van der Waals surface area (Å²) < 4.78 is 13.1. The molecule has 0 aliphatic rings. The number of amides is 1. The average Bonchev–Trinajstić information content (AvgIpc) is 2.35. The minimum atomic E-state index is -1.34. The van der Waals surface area contributed by atoms with Crippen LogP contribution in [0.25, 0.3) is 0 Å². The van der Waals surface area contributed by atoms with E-state index in [4.69, 9.17) is 11.5 Å². The van der Waals surface area contributed by atoms with Gasteiger partial charge in [-0.25, -0.2) is 9.18 Å². The molecule has 0 radical (unpaired) electrons. The molecule has 0 aliphatic heterocycles. The second kappa shape index (κ2) is 6.67. The molecule has 1 aromatic carbocycles. The number of carbonyl (C=O) groups excluding carboxylic acids is 1. The van der Waals surface area contributed by atoms with Gasteiger partial charge in [-0.2, -0.15) is 0 Å². The summed E-state index contributed by atoms with van der Waals surface area (Å²) >= 11 is 1.11. The first-order chi connectivity index (χ1) is 8.54. The van der Waals surface area contributed by atoms with Gasteiger partial charge in [0, 0.05) is 4.90 Å². The van der Waals surface area contributed by atoms with E-state index in [2.05, 4.69) is 11.2 Å². The Labute approximate surface area is 108 Å². The van der Waals surface area contributed by atoms with Crippen LogP contribution in [0, 0.1) is 18.2 Å². The summed E-state index contributed by atoms with van der Waals surface area (Å²) in [4.78, 5) is 22.5. The Morgan fingerprint density at radius 1 is 1.50 bits per heavy atom. The molecule has 6 heteroatoms. The standard InChI is InChI=1S/C12H10FNO3S/c1-2-5-14-11(15)7-18-8-3-4-10(13)9(6-8)12(16)17/h1,3-4,6H,5,7H2,(H,14,15)(H,16,17). The molecule has 0 spiro atoms. The lowest BCUT2D eigenvalue weighted by Gasteiger charge is -2.04. The molecule has 0 atom stereocenters. The molecular formula is C12H10FNO3S. The van der Waals surface area contributed by atoms with E-state index in [9.17, 15) is 14.0 Å². The molecule has 0 saturated carbocycles. The van der Waals surface area contributed by atoms with Crippen LogP contribution in [0.3, 0.4) is 0 Å². The second-order valence-corrected chi connectivity index (χ2v) is 4.27. The molecule has 1 amide bonds. The monoisotopic (exact) mass is 267 g/mol. The number of carboxylic acids is 1. The van der Waals surface area contributed by atoms with Crippen LogP contribution in [-0.4, -0.2) is 29.3 Å². The van der Waals surface area contributed by atoms with Crippen molar-refractivity contribution >= 4 is 23.6 Å². The number of aromatic carboxylic acids is 1. The third kappa shape index (κ3) is 4.11. The third-order valence-electron chi connectivity index (χ3n) is 1.93.